The van der Waals surface area contributed by atoms with E-state index in [2.05, 4.69) is 10.6 Å². The smallest absolute Gasteiger partial charge is 0.220 e. The van der Waals surface area contributed by atoms with Gasteiger partial charge in [0.2, 0.25) is 5.91 Å². The molecule has 1 aromatic rings. The minimum atomic E-state index is -1.49. The van der Waals surface area contributed by atoms with Crippen LogP contribution in [-0.2, 0) is 4.79 Å². The number of aliphatic hydroxyl groups excluding tert-OH is 2. The van der Waals surface area contributed by atoms with Crippen molar-refractivity contribution in [2.75, 3.05) is 13.2 Å². The van der Waals surface area contributed by atoms with Crippen LogP contribution in [0.25, 0.3) is 0 Å². The number of alkyl halides is 1. The van der Waals surface area contributed by atoms with Crippen molar-refractivity contribution in [3.63, 3.8) is 0 Å². The molecule has 1 fully saturated rings. The number of hydrogen-bond acceptors (Lipinski definition) is 4. The van der Waals surface area contributed by atoms with E-state index in [4.69, 9.17) is 0 Å². The number of carbonyl (C=O) groups excluding carboxylic acids is 1. The van der Waals surface area contributed by atoms with Gasteiger partial charge in [-0.25, -0.2) is 4.39 Å². The molecule has 0 aromatic heterocycles. The Morgan fingerprint density at radius 1 is 1.42 bits per heavy atom. The first-order valence-electron chi connectivity index (χ1n) is 8.57. The largest absolute Gasteiger partial charge is 0.396 e. The Balaban J connectivity index is 1.88. The van der Waals surface area contributed by atoms with Gasteiger partial charge in [-0.05, 0) is 18.4 Å². The molecule has 0 bridgehead atoms. The molecule has 4 N–H and O–H groups in total. The number of aliphatic hydroxyl groups is 2. The highest BCUT2D eigenvalue weighted by Crippen LogP contribution is 2.24. The Labute approximate surface area is 142 Å². The molecular weight excluding hydrogens is 311 g/mol. The molecule has 6 heteroatoms. The number of piperidine rings is 1. The minimum absolute atomic E-state index is 0.0149. The normalized spacial score (nSPS) is 28.3. The van der Waals surface area contributed by atoms with Gasteiger partial charge in [0.15, 0.2) is 0 Å². The molecule has 1 aromatic carbocycles. The van der Waals surface area contributed by atoms with Crippen molar-refractivity contribution < 1.29 is 19.4 Å². The van der Waals surface area contributed by atoms with Gasteiger partial charge < -0.3 is 20.8 Å². The number of rotatable bonds is 7. The average molecular weight is 338 g/mol. The zero-order valence-corrected chi connectivity index (χ0v) is 14.0. The summed E-state index contributed by atoms with van der Waals surface area (Å²) in [6.07, 6.45) is -1.17. The van der Waals surface area contributed by atoms with E-state index in [0.717, 1.165) is 5.56 Å². The van der Waals surface area contributed by atoms with Crippen LogP contribution in [0, 0.1) is 0 Å². The van der Waals surface area contributed by atoms with Gasteiger partial charge in [-0.3, -0.25) is 4.79 Å². The predicted octanol–water partition coefficient (Wildman–Crippen LogP) is 1.11. The van der Waals surface area contributed by atoms with Gasteiger partial charge >= 0.3 is 0 Å². The molecule has 5 nitrogen and oxygen atoms in total. The van der Waals surface area contributed by atoms with Crippen molar-refractivity contribution in [3.05, 3.63) is 35.9 Å². The van der Waals surface area contributed by atoms with Gasteiger partial charge in [0.1, 0.15) is 12.3 Å². The molecule has 1 saturated heterocycles. The van der Waals surface area contributed by atoms with E-state index in [0.29, 0.717) is 19.4 Å². The third kappa shape index (κ3) is 4.75. The predicted molar refractivity (Wildman–Crippen MR) is 90.4 cm³/mol. The average Bonchev–Trinajstić information content (AvgIpc) is 2.62. The number of amides is 1. The van der Waals surface area contributed by atoms with Crippen molar-refractivity contribution in [1.82, 2.24) is 10.6 Å². The van der Waals surface area contributed by atoms with Gasteiger partial charge in [0.05, 0.1) is 6.04 Å². The van der Waals surface area contributed by atoms with E-state index >= 15 is 0 Å². The molecule has 1 unspecified atom stereocenters. The number of benzene rings is 1. The van der Waals surface area contributed by atoms with Gasteiger partial charge in [-0.15, -0.1) is 0 Å². The molecule has 1 aliphatic rings. The lowest BCUT2D eigenvalue weighted by atomic mass is 9.88. The summed E-state index contributed by atoms with van der Waals surface area (Å²) in [5.41, 5.74) is 1.04. The highest BCUT2D eigenvalue weighted by molar-refractivity contribution is 5.75. The summed E-state index contributed by atoms with van der Waals surface area (Å²) in [5.74, 6) is -0.254. The maximum atomic E-state index is 14.4. The SMILES string of the molecule is CCC(=O)N[C@H]1CN[C@H](CCC(CO)c2ccccc2)[C@@H](O)[C@H]1F. The van der Waals surface area contributed by atoms with Crippen LogP contribution in [0.2, 0.25) is 0 Å². The van der Waals surface area contributed by atoms with Gasteiger partial charge in [-0.1, -0.05) is 37.3 Å². The number of carbonyl (C=O) groups is 1. The fraction of sp³-hybridized carbons (Fsp3) is 0.611. The summed E-state index contributed by atoms with van der Waals surface area (Å²) in [5, 5.41) is 25.5. The molecule has 24 heavy (non-hydrogen) atoms. The first kappa shape index (κ1) is 18.8. The molecule has 2 rings (SSSR count). The third-order valence-corrected chi connectivity index (χ3v) is 4.71. The van der Waals surface area contributed by atoms with Crippen LogP contribution in [0.3, 0.4) is 0 Å². The van der Waals surface area contributed by atoms with Crippen LogP contribution >= 0.6 is 0 Å². The van der Waals surface area contributed by atoms with Crippen LogP contribution in [0.1, 0.15) is 37.7 Å². The topological polar surface area (TPSA) is 81.6 Å². The van der Waals surface area contributed by atoms with Crippen molar-refractivity contribution in [3.8, 4) is 0 Å². The van der Waals surface area contributed by atoms with Crippen molar-refractivity contribution >= 4 is 5.91 Å². The van der Waals surface area contributed by atoms with E-state index in [-0.39, 0.29) is 30.9 Å². The maximum absolute atomic E-state index is 14.4. The van der Waals surface area contributed by atoms with Crippen molar-refractivity contribution in [2.24, 2.45) is 0 Å². The number of hydrogen-bond donors (Lipinski definition) is 4. The highest BCUT2D eigenvalue weighted by atomic mass is 19.1. The molecule has 5 atom stereocenters. The Morgan fingerprint density at radius 3 is 2.75 bits per heavy atom. The number of halogens is 1. The fourth-order valence-electron chi connectivity index (χ4n) is 3.15. The van der Waals surface area contributed by atoms with Gasteiger partial charge in [0.25, 0.3) is 0 Å². The summed E-state index contributed by atoms with van der Waals surface area (Å²) < 4.78 is 14.4. The summed E-state index contributed by atoms with van der Waals surface area (Å²) in [6.45, 7) is 2.02. The Bertz CT molecular complexity index is 514. The molecule has 0 saturated carbocycles. The van der Waals surface area contributed by atoms with Crippen LogP contribution < -0.4 is 10.6 Å². The fourth-order valence-corrected chi connectivity index (χ4v) is 3.15. The lowest BCUT2D eigenvalue weighted by Crippen LogP contribution is -2.63. The zero-order chi connectivity index (χ0) is 17.5. The summed E-state index contributed by atoms with van der Waals surface area (Å²) >= 11 is 0. The maximum Gasteiger partial charge on any atom is 0.220 e. The Kier molecular flexibility index (Phi) is 7.15. The highest BCUT2D eigenvalue weighted by Gasteiger charge is 2.39. The molecule has 1 amide bonds. The summed E-state index contributed by atoms with van der Waals surface area (Å²) in [7, 11) is 0. The first-order chi connectivity index (χ1) is 11.6. The molecule has 0 spiro atoms. The molecule has 0 radical (unpaired) electrons. The summed E-state index contributed by atoms with van der Waals surface area (Å²) in [4.78, 5) is 11.4. The quantitative estimate of drug-likeness (QED) is 0.600. The molecule has 134 valence electrons. The minimum Gasteiger partial charge on any atom is -0.396 e. The van der Waals surface area contributed by atoms with E-state index < -0.39 is 18.3 Å². The van der Waals surface area contributed by atoms with E-state index in [1.54, 1.807) is 6.92 Å². The monoisotopic (exact) mass is 338 g/mol. The number of nitrogens with one attached hydrogen (secondary N) is 2. The zero-order valence-electron chi connectivity index (χ0n) is 14.0. The standard InChI is InChI=1S/C18H27FN2O3/c1-2-16(23)21-15-10-20-14(18(24)17(15)19)9-8-13(11-22)12-6-4-3-5-7-12/h3-7,13-15,17-18,20,22,24H,2,8-11H2,1H3,(H,21,23)/t13?,14-,15+,17+,18-/m1/s1. The lowest BCUT2D eigenvalue weighted by Gasteiger charge is -2.38. The Morgan fingerprint density at radius 2 is 2.12 bits per heavy atom. The van der Waals surface area contributed by atoms with Crippen molar-refractivity contribution in [2.45, 2.75) is 56.5 Å². The van der Waals surface area contributed by atoms with Crippen LogP contribution in [0.15, 0.2) is 30.3 Å². The second-order valence-corrected chi connectivity index (χ2v) is 6.34. The first-order valence-corrected chi connectivity index (χ1v) is 8.57. The molecular formula is C18H27FN2O3. The van der Waals surface area contributed by atoms with Crippen LogP contribution in [0.4, 0.5) is 4.39 Å². The van der Waals surface area contributed by atoms with Crippen LogP contribution in [-0.4, -0.2) is 53.6 Å². The second-order valence-electron chi connectivity index (χ2n) is 6.34. The molecule has 1 aliphatic heterocycles. The lowest BCUT2D eigenvalue weighted by molar-refractivity contribution is -0.123. The third-order valence-electron chi connectivity index (χ3n) is 4.71. The molecule has 1 heterocycles. The second kappa shape index (κ2) is 9.11. The van der Waals surface area contributed by atoms with Gasteiger partial charge in [0, 0.05) is 31.5 Å². The van der Waals surface area contributed by atoms with E-state index in [9.17, 15) is 19.4 Å². The Hall–Kier alpha value is -1.50. The van der Waals surface area contributed by atoms with Gasteiger partial charge in [-0.2, -0.15) is 0 Å². The van der Waals surface area contributed by atoms with Crippen LogP contribution in [0.5, 0.6) is 0 Å². The van der Waals surface area contributed by atoms with Crippen molar-refractivity contribution in [1.29, 1.82) is 0 Å². The summed E-state index contributed by atoms with van der Waals surface area (Å²) in [6, 6.07) is 8.59. The molecule has 0 aliphatic carbocycles. The van der Waals surface area contributed by atoms with E-state index in [1.807, 2.05) is 30.3 Å². The van der Waals surface area contributed by atoms with E-state index in [1.165, 1.54) is 0 Å².